The number of hydrogen-bond acceptors (Lipinski definition) is 4. The fraction of sp³-hybridized carbons (Fsp3) is 0.375. The van der Waals surface area contributed by atoms with Gasteiger partial charge in [-0.15, -0.1) is 0 Å². The number of halogens is 1. The highest BCUT2D eigenvalue weighted by Crippen LogP contribution is 2.35. The first-order valence-corrected chi connectivity index (χ1v) is 10.5. The highest BCUT2D eigenvalue weighted by Gasteiger charge is 2.36. The number of carbonyl (C=O) groups is 2. The molecule has 0 spiro atoms. The van der Waals surface area contributed by atoms with Gasteiger partial charge in [0, 0.05) is 30.5 Å². The number of hydrazone groups is 1. The van der Waals surface area contributed by atoms with Crippen LogP contribution in [0.4, 0.5) is 4.39 Å². The van der Waals surface area contributed by atoms with Crippen LogP contribution in [0.3, 0.4) is 0 Å². The minimum Gasteiger partial charge on any atom is -0.497 e. The van der Waals surface area contributed by atoms with E-state index in [4.69, 9.17) is 4.74 Å². The number of benzene rings is 2. The zero-order valence-electron chi connectivity index (χ0n) is 17.8. The molecule has 6 nitrogen and oxygen atoms in total. The van der Waals surface area contributed by atoms with Crippen LogP contribution < -0.4 is 4.74 Å². The number of ether oxygens (including phenoxy) is 1. The van der Waals surface area contributed by atoms with Crippen molar-refractivity contribution < 1.29 is 18.7 Å². The lowest BCUT2D eigenvalue weighted by Crippen LogP contribution is -2.43. The van der Waals surface area contributed by atoms with Crippen LogP contribution in [0.25, 0.3) is 0 Å². The van der Waals surface area contributed by atoms with Crippen LogP contribution in [-0.2, 0) is 9.59 Å². The molecule has 31 heavy (non-hydrogen) atoms. The van der Waals surface area contributed by atoms with Crippen molar-refractivity contribution in [2.45, 2.75) is 31.7 Å². The molecule has 1 atom stereocenters. The topological polar surface area (TPSA) is 62.2 Å². The van der Waals surface area contributed by atoms with E-state index in [0.717, 1.165) is 24.8 Å². The quantitative estimate of drug-likeness (QED) is 0.711. The van der Waals surface area contributed by atoms with Gasteiger partial charge in [0.15, 0.2) is 0 Å². The first kappa shape index (κ1) is 21.0. The van der Waals surface area contributed by atoms with Crippen molar-refractivity contribution >= 4 is 17.5 Å². The predicted molar refractivity (Wildman–Crippen MR) is 115 cm³/mol. The van der Waals surface area contributed by atoms with E-state index >= 15 is 0 Å². The summed E-state index contributed by atoms with van der Waals surface area (Å²) >= 11 is 0. The van der Waals surface area contributed by atoms with Crippen molar-refractivity contribution in [2.75, 3.05) is 20.7 Å². The summed E-state index contributed by atoms with van der Waals surface area (Å²) in [7, 11) is 3.22. The molecule has 2 aromatic rings. The third kappa shape index (κ3) is 4.31. The van der Waals surface area contributed by atoms with E-state index in [1.807, 2.05) is 24.3 Å². The molecule has 4 rings (SSSR count). The van der Waals surface area contributed by atoms with Crippen LogP contribution in [0.2, 0.25) is 0 Å². The maximum atomic E-state index is 14.6. The molecule has 0 N–H and O–H groups in total. The molecular weight excluding hydrogens is 397 g/mol. The summed E-state index contributed by atoms with van der Waals surface area (Å²) in [5.41, 5.74) is 1.90. The molecule has 0 saturated heterocycles. The Morgan fingerprint density at radius 1 is 1.19 bits per heavy atom. The van der Waals surface area contributed by atoms with Crippen LogP contribution >= 0.6 is 0 Å². The van der Waals surface area contributed by atoms with E-state index in [1.165, 1.54) is 16.0 Å². The van der Waals surface area contributed by atoms with Crippen molar-refractivity contribution in [3.05, 3.63) is 65.5 Å². The van der Waals surface area contributed by atoms with Crippen LogP contribution in [0.15, 0.2) is 53.6 Å². The van der Waals surface area contributed by atoms with E-state index in [-0.39, 0.29) is 30.1 Å². The lowest BCUT2D eigenvalue weighted by molar-refractivity contribution is -0.144. The Kier molecular flexibility index (Phi) is 6.02. The Morgan fingerprint density at radius 2 is 1.97 bits per heavy atom. The van der Waals surface area contributed by atoms with Gasteiger partial charge in [0.2, 0.25) is 5.91 Å². The Balaban J connectivity index is 1.61. The largest absolute Gasteiger partial charge is 0.497 e. The summed E-state index contributed by atoms with van der Waals surface area (Å²) in [5.74, 6) is -0.0429. The first-order valence-electron chi connectivity index (χ1n) is 10.5. The summed E-state index contributed by atoms with van der Waals surface area (Å²) in [6, 6.07) is 13.3. The zero-order chi connectivity index (χ0) is 22.0. The van der Waals surface area contributed by atoms with Crippen molar-refractivity contribution in [3.63, 3.8) is 0 Å². The maximum absolute atomic E-state index is 14.6. The van der Waals surface area contributed by atoms with Gasteiger partial charge in [-0.05, 0) is 31.0 Å². The highest BCUT2D eigenvalue weighted by molar-refractivity contribution is 6.03. The Morgan fingerprint density at radius 3 is 2.65 bits per heavy atom. The SMILES string of the molecule is COc1cccc(C2=NN(C(=O)CN(C)C(=O)C3CCC3)C(c3ccccc3F)C2)c1. The molecule has 1 fully saturated rings. The minimum absolute atomic E-state index is 0.00888. The average Bonchev–Trinajstić information content (AvgIpc) is 3.18. The number of methoxy groups -OCH3 is 1. The van der Waals surface area contributed by atoms with Gasteiger partial charge < -0.3 is 9.64 Å². The van der Waals surface area contributed by atoms with Gasteiger partial charge in [0.05, 0.1) is 18.9 Å². The van der Waals surface area contributed by atoms with Crippen LogP contribution in [0.5, 0.6) is 5.75 Å². The molecule has 162 valence electrons. The molecule has 0 aromatic heterocycles. The predicted octanol–water partition coefficient (Wildman–Crippen LogP) is 3.77. The average molecular weight is 423 g/mol. The van der Waals surface area contributed by atoms with E-state index < -0.39 is 6.04 Å². The van der Waals surface area contributed by atoms with Gasteiger partial charge in [0.25, 0.3) is 5.91 Å². The molecule has 0 radical (unpaired) electrons. The number of hydrogen-bond donors (Lipinski definition) is 0. The van der Waals surface area contributed by atoms with E-state index in [2.05, 4.69) is 5.10 Å². The Labute approximate surface area is 181 Å². The van der Waals surface area contributed by atoms with Crippen LogP contribution in [0, 0.1) is 11.7 Å². The summed E-state index contributed by atoms with van der Waals surface area (Å²) in [5, 5.41) is 5.90. The van der Waals surface area contributed by atoms with Crippen LogP contribution in [0.1, 0.15) is 42.9 Å². The second-order valence-electron chi connectivity index (χ2n) is 8.08. The van der Waals surface area contributed by atoms with Crippen molar-refractivity contribution in [3.8, 4) is 5.75 Å². The van der Waals surface area contributed by atoms with Crippen molar-refractivity contribution in [1.29, 1.82) is 0 Å². The second kappa shape index (κ2) is 8.88. The fourth-order valence-electron chi connectivity index (χ4n) is 4.03. The summed E-state index contributed by atoms with van der Waals surface area (Å²) in [6.07, 6.45) is 3.17. The van der Waals surface area contributed by atoms with Gasteiger partial charge >= 0.3 is 0 Å². The molecule has 2 aromatic carbocycles. The van der Waals surface area contributed by atoms with Gasteiger partial charge in [-0.3, -0.25) is 9.59 Å². The highest BCUT2D eigenvalue weighted by atomic mass is 19.1. The number of carbonyl (C=O) groups excluding carboxylic acids is 2. The van der Waals surface area contributed by atoms with Crippen molar-refractivity contribution in [2.24, 2.45) is 11.0 Å². The smallest absolute Gasteiger partial charge is 0.262 e. The standard InChI is InChI=1S/C24H26FN3O3/c1-27(24(30)16-7-5-8-16)15-23(29)28-22(19-11-3-4-12-20(19)25)14-21(26-28)17-9-6-10-18(13-17)31-2/h3-4,6,9-13,16,22H,5,7-8,14-15H2,1-2H3. The molecule has 1 unspecified atom stereocenters. The van der Waals surface area contributed by atoms with E-state index in [0.29, 0.717) is 23.4 Å². The Bertz CT molecular complexity index is 1020. The molecule has 0 bridgehead atoms. The minimum atomic E-state index is -0.567. The lowest BCUT2D eigenvalue weighted by Gasteiger charge is -2.30. The first-order chi connectivity index (χ1) is 15.0. The number of amides is 2. The van der Waals surface area contributed by atoms with Gasteiger partial charge in [-0.1, -0.05) is 36.8 Å². The third-order valence-corrected chi connectivity index (χ3v) is 6.04. The molecule has 1 aliphatic carbocycles. The Hall–Kier alpha value is -3.22. The molecule has 2 aliphatic rings. The lowest BCUT2D eigenvalue weighted by atomic mass is 9.84. The summed E-state index contributed by atoms with van der Waals surface area (Å²) in [6.45, 7) is -0.0881. The third-order valence-electron chi connectivity index (χ3n) is 6.04. The molecule has 1 heterocycles. The van der Waals surface area contributed by atoms with E-state index in [9.17, 15) is 14.0 Å². The normalized spacial score (nSPS) is 18.4. The summed E-state index contributed by atoms with van der Waals surface area (Å²) < 4.78 is 19.9. The van der Waals surface area contributed by atoms with Crippen molar-refractivity contribution in [1.82, 2.24) is 9.91 Å². The second-order valence-corrected chi connectivity index (χ2v) is 8.08. The van der Waals surface area contributed by atoms with Gasteiger partial charge in [-0.25, -0.2) is 9.40 Å². The monoisotopic (exact) mass is 423 g/mol. The number of rotatable bonds is 6. The zero-order valence-corrected chi connectivity index (χ0v) is 17.8. The van der Waals surface area contributed by atoms with Gasteiger partial charge in [0.1, 0.15) is 18.1 Å². The molecule has 7 heteroatoms. The number of nitrogens with zero attached hydrogens (tertiary/aromatic N) is 3. The van der Waals surface area contributed by atoms with E-state index in [1.54, 1.807) is 32.4 Å². The molecule has 1 aliphatic heterocycles. The van der Waals surface area contributed by atoms with Gasteiger partial charge in [-0.2, -0.15) is 5.10 Å². The summed E-state index contributed by atoms with van der Waals surface area (Å²) in [4.78, 5) is 27.1. The molecule has 1 saturated carbocycles. The molecular formula is C24H26FN3O3. The van der Waals surface area contributed by atoms with Crippen LogP contribution in [-0.4, -0.2) is 48.1 Å². The molecule has 2 amide bonds. The number of likely N-dealkylation sites (N-methyl/N-ethyl adjacent to an activating group) is 1. The maximum Gasteiger partial charge on any atom is 0.262 e. The fourth-order valence-corrected chi connectivity index (χ4v) is 4.03.